The van der Waals surface area contributed by atoms with E-state index in [4.69, 9.17) is 14.2 Å². The van der Waals surface area contributed by atoms with Crippen molar-refractivity contribution in [1.82, 2.24) is 0 Å². The lowest BCUT2D eigenvalue weighted by Gasteiger charge is -2.12. The van der Waals surface area contributed by atoms with E-state index in [0.29, 0.717) is 17.2 Å². The Hall–Kier alpha value is -3.28. The van der Waals surface area contributed by atoms with Crippen LogP contribution >= 0.6 is 0 Å². The first-order valence-corrected chi connectivity index (χ1v) is 8.47. The van der Waals surface area contributed by atoms with Gasteiger partial charge in [0.25, 0.3) is 5.91 Å². The highest BCUT2D eigenvalue weighted by Crippen LogP contribution is 2.30. The van der Waals surface area contributed by atoms with Crippen molar-refractivity contribution in [1.29, 1.82) is 0 Å². The molecule has 142 valence electrons. The van der Waals surface area contributed by atoms with Crippen LogP contribution in [-0.4, -0.2) is 32.7 Å². The Morgan fingerprint density at radius 3 is 2.26 bits per heavy atom. The standard InChI is InChI=1S/C21H23NO5/c1-5-27-21(24)17(12-15-8-6-14(2)7-9-15)20(23)22-16-10-11-18(25-3)19(13-16)26-4/h6-13H,5H2,1-4H3,(H,22,23)/b17-12-. The van der Waals surface area contributed by atoms with Crippen LogP contribution in [0.5, 0.6) is 11.5 Å². The van der Waals surface area contributed by atoms with Crippen molar-refractivity contribution in [3.8, 4) is 11.5 Å². The molecule has 6 heteroatoms. The molecule has 0 bridgehead atoms. The molecule has 0 saturated heterocycles. The Morgan fingerprint density at radius 2 is 1.67 bits per heavy atom. The molecular formula is C21H23NO5. The van der Waals surface area contributed by atoms with Crippen LogP contribution in [0.15, 0.2) is 48.0 Å². The SMILES string of the molecule is CCOC(=O)/C(=C\c1ccc(C)cc1)C(=O)Nc1ccc(OC)c(OC)c1. The van der Waals surface area contributed by atoms with Crippen LogP contribution in [0.1, 0.15) is 18.1 Å². The molecule has 0 aliphatic carbocycles. The van der Waals surface area contributed by atoms with E-state index in [1.807, 2.05) is 31.2 Å². The topological polar surface area (TPSA) is 73.9 Å². The number of amides is 1. The van der Waals surface area contributed by atoms with E-state index in [0.717, 1.165) is 11.1 Å². The number of aryl methyl sites for hydroxylation is 1. The fourth-order valence-corrected chi connectivity index (χ4v) is 2.37. The lowest BCUT2D eigenvalue weighted by molar-refractivity contribution is -0.139. The Morgan fingerprint density at radius 1 is 1.00 bits per heavy atom. The highest BCUT2D eigenvalue weighted by Gasteiger charge is 2.20. The second-order valence-electron chi connectivity index (χ2n) is 5.71. The lowest BCUT2D eigenvalue weighted by atomic mass is 10.1. The Labute approximate surface area is 158 Å². The van der Waals surface area contributed by atoms with Crippen molar-refractivity contribution >= 4 is 23.6 Å². The van der Waals surface area contributed by atoms with E-state index in [2.05, 4.69) is 5.32 Å². The molecule has 0 aliphatic rings. The first-order chi connectivity index (χ1) is 13.0. The largest absolute Gasteiger partial charge is 0.493 e. The van der Waals surface area contributed by atoms with Crippen molar-refractivity contribution in [3.05, 3.63) is 59.2 Å². The van der Waals surface area contributed by atoms with Gasteiger partial charge in [-0.3, -0.25) is 4.79 Å². The van der Waals surface area contributed by atoms with Gasteiger partial charge in [0.2, 0.25) is 0 Å². The van der Waals surface area contributed by atoms with Crippen LogP contribution < -0.4 is 14.8 Å². The smallest absolute Gasteiger partial charge is 0.343 e. The zero-order valence-electron chi connectivity index (χ0n) is 15.9. The Bertz CT molecular complexity index is 840. The van der Waals surface area contributed by atoms with Crippen LogP contribution in [0.4, 0.5) is 5.69 Å². The number of carbonyl (C=O) groups excluding carboxylic acids is 2. The number of hydrogen-bond donors (Lipinski definition) is 1. The molecule has 0 aromatic heterocycles. The van der Waals surface area contributed by atoms with Gasteiger partial charge in [0.15, 0.2) is 11.5 Å². The van der Waals surface area contributed by atoms with Gasteiger partial charge in [0.05, 0.1) is 20.8 Å². The Balaban J connectivity index is 2.31. The highest BCUT2D eigenvalue weighted by molar-refractivity contribution is 6.24. The predicted octanol–water partition coefficient (Wildman–Crippen LogP) is 3.60. The second kappa shape index (κ2) is 9.43. The second-order valence-corrected chi connectivity index (χ2v) is 5.71. The molecule has 0 heterocycles. The van der Waals surface area contributed by atoms with Gasteiger partial charge in [0.1, 0.15) is 5.57 Å². The normalized spacial score (nSPS) is 10.9. The third-order valence-electron chi connectivity index (χ3n) is 3.77. The van der Waals surface area contributed by atoms with Crippen LogP contribution in [0.3, 0.4) is 0 Å². The molecule has 0 atom stereocenters. The summed E-state index contributed by atoms with van der Waals surface area (Å²) in [5.41, 5.74) is 2.19. The van der Waals surface area contributed by atoms with Gasteiger partial charge in [-0.15, -0.1) is 0 Å². The molecule has 2 aromatic carbocycles. The zero-order chi connectivity index (χ0) is 19.8. The summed E-state index contributed by atoms with van der Waals surface area (Å²) in [5, 5.41) is 2.70. The average molecular weight is 369 g/mol. The minimum absolute atomic E-state index is 0.0875. The summed E-state index contributed by atoms with van der Waals surface area (Å²) >= 11 is 0. The number of anilines is 1. The van der Waals surface area contributed by atoms with Crippen LogP contribution in [0.25, 0.3) is 6.08 Å². The minimum Gasteiger partial charge on any atom is -0.493 e. The summed E-state index contributed by atoms with van der Waals surface area (Å²) in [5.74, 6) is -0.246. The number of carbonyl (C=O) groups is 2. The molecule has 2 rings (SSSR count). The summed E-state index contributed by atoms with van der Waals surface area (Å²) in [7, 11) is 3.03. The lowest BCUT2D eigenvalue weighted by Crippen LogP contribution is -2.22. The summed E-state index contributed by atoms with van der Waals surface area (Å²) in [6.45, 7) is 3.82. The van der Waals surface area contributed by atoms with E-state index in [1.54, 1.807) is 25.1 Å². The monoisotopic (exact) mass is 369 g/mol. The van der Waals surface area contributed by atoms with E-state index in [-0.39, 0.29) is 12.2 Å². The van der Waals surface area contributed by atoms with E-state index in [9.17, 15) is 9.59 Å². The van der Waals surface area contributed by atoms with Gasteiger partial charge in [-0.25, -0.2) is 4.79 Å². The number of ether oxygens (including phenoxy) is 3. The predicted molar refractivity (Wildman–Crippen MR) is 104 cm³/mol. The number of benzene rings is 2. The van der Waals surface area contributed by atoms with Crippen molar-refractivity contribution in [3.63, 3.8) is 0 Å². The third kappa shape index (κ3) is 5.34. The number of rotatable bonds is 7. The van der Waals surface area contributed by atoms with E-state index >= 15 is 0 Å². The molecule has 1 N–H and O–H groups in total. The first-order valence-electron chi connectivity index (χ1n) is 8.47. The fourth-order valence-electron chi connectivity index (χ4n) is 2.37. The third-order valence-corrected chi connectivity index (χ3v) is 3.77. The summed E-state index contributed by atoms with van der Waals surface area (Å²) in [4.78, 5) is 25.0. The molecule has 6 nitrogen and oxygen atoms in total. The molecule has 0 unspecified atom stereocenters. The van der Waals surface area contributed by atoms with Gasteiger partial charge >= 0.3 is 5.97 Å². The number of esters is 1. The van der Waals surface area contributed by atoms with Crippen molar-refractivity contribution in [2.75, 3.05) is 26.1 Å². The van der Waals surface area contributed by atoms with E-state index < -0.39 is 11.9 Å². The Kier molecular flexibility index (Phi) is 7.00. The molecule has 0 aliphatic heterocycles. The van der Waals surface area contributed by atoms with Crippen LogP contribution in [0, 0.1) is 6.92 Å². The minimum atomic E-state index is -0.684. The molecule has 0 saturated carbocycles. The van der Waals surface area contributed by atoms with Crippen LogP contribution in [0.2, 0.25) is 0 Å². The molecule has 1 amide bonds. The number of hydrogen-bond acceptors (Lipinski definition) is 5. The highest BCUT2D eigenvalue weighted by atomic mass is 16.5. The zero-order valence-corrected chi connectivity index (χ0v) is 15.9. The van der Waals surface area contributed by atoms with Gasteiger partial charge in [-0.05, 0) is 37.6 Å². The van der Waals surface area contributed by atoms with Crippen LogP contribution in [-0.2, 0) is 14.3 Å². The average Bonchev–Trinajstić information content (AvgIpc) is 2.67. The van der Waals surface area contributed by atoms with Crippen molar-refractivity contribution in [2.24, 2.45) is 0 Å². The molecule has 0 fully saturated rings. The molecule has 0 spiro atoms. The van der Waals surface area contributed by atoms with Crippen molar-refractivity contribution in [2.45, 2.75) is 13.8 Å². The maximum atomic E-state index is 12.7. The molecule has 27 heavy (non-hydrogen) atoms. The summed E-state index contributed by atoms with van der Waals surface area (Å²) in [6, 6.07) is 12.4. The van der Waals surface area contributed by atoms with Crippen molar-refractivity contribution < 1.29 is 23.8 Å². The maximum absolute atomic E-state index is 12.7. The van der Waals surface area contributed by atoms with E-state index in [1.165, 1.54) is 20.3 Å². The van der Waals surface area contributed by atoms with Gasteiger partial charge < -0.3 is 19.5 Å². The number of nitrogens with one attached hydrogen (secondary N) is 1. The maximum Gasteiger partial charge on any atom is 0.343 e. The summed E-state index contributed by atoms with van der Waals surface area (Å²) < 4.78 is 15.4. The number of methoxy groups -OCH3 is 2. The first kappa shape index (κ1) is 20.0. The van der Waals surface area contributed by atoms with Gasteiger partial charge in [0, 0.05) is 11.8 Å². The molecular weight excluding hydrogens is 346 g/mol. The summed E-state index contributed by atoms with van der Waals surface area (Å²) in [6.07, 6.45) is 1.51. The van der Waals surface area contributed by atoms with Gasteiger partial charge in [-0.1, -0.05) is 29.8 Å². The molecule has 0 radical (unpaired) electrons. The fraction of sp³-hybridized carbons (Fsp3) is 0.238. The van der Waals surface area contributed by atoms with Gasteiger partial charge in [-0.2, -0.15) is 0 Å². The quantitative estimate of drug-likeness (QED) is 0.349. The molecule has 2 aromatic rings.